The zero-order valence-electron chi connectivity index (χ0n) is 15.0. The smallest absolute Gasteiger partial charge is 0.324 e. The molecule has 1 aromatic carbocycles. The van der Waals surface area contributed by atoms with Crippen LogP contribution in [0.15, 0.2) is 35.2 Å². The van der Waals surface area contributed by atoms with Gasteiger partial charge in [0.2, 0.25) is 10.0 Å². The van der Waals surface area contributed by atoms with Crippen molar-refractivity contribution < 1.29 is 17.9 Å². The highest BCUT2D eigenvalue weighted by Gasteiger charge is 2.30. The highest BCUT2D eigenvalue weighted by Crippen LogP contribution is 2.13. The summed E-state index contributed by atoms with van der Waals surface area (Å²) in [6.45, 7) is 5.93. The summed E-state index contributed by atoms with van der Waals surface area (Å²) in [4.78, 5) is 12.5. The quantitative estimate of drug-likeness (QED) is 0.647. The van der Waals surface area contributed by atoms with Gasteiger partial charge in [-0.3, -0.25) is 4.79 Å². The van der Waals surface area contributed by atoms with Crippen LogP contribution in [0.25, 0.3) is 0 Å². The number of carbonyl (C=O) groups excluding carboxylic acids is 1. The Morgan fingerprint density at radius 1 is 1.27 bits per heavy atom. The third-order valence-electron chi connectivity index (χ3n) is 3.64. The van der Waals surface area contributed by atoms with E-state index in [-0.39, 0.29) is 17.4 Å². The first-order valence-corrected chi connectivity index (χ1v) is 9.82. The van der Waals surface area contributed by atoms with Gasteiger partial charge in [-0.15, -0.1) is 5.10 Å². The molecule has 0 radical (unpaired) electrons. The zero-order chi connectivity index (χ0) is 19.2. The van der Waals surface area contributed by atoms with Crippen molar-refractivity contribution in [3.63, 3.8) is 0 Å². The Labute approximate surface area is 152 Å². The van der Waals surface area contributed by atoms with Gasteiger partial charge in [-0.25, -0.2) is 13.1 Å². The maximum absolute atomic E-state index is 12.5. The van der Waals surface area contributed by atoms with Gasteiger partial charge in [-0.05, 0) is 34.9 Å². The summed E-state index contributed by atoms with van der Waals surface area (Å²) in [5.74, 6) is -0.563. The molecule has 1 heterocycles. The van der Waals surface area contributed by atoms with Crippen molar-refractivity contribution >= 4 is 16.0 Å². The largest absolute Gasteiger partial charge is 0.456 e. The Hall–Kier alpha value is -2.33. The van der Waals surface area contributed by atoms with Crippen LogP contribution in [0.3, 0.4) is 0 Å². The van der Waals surface area contributed by atoms with Gasteiger partial charge in [0.1, 0.15) is 6.04 Å². The Balaban J connectivity index is 2.07. The summed E-state index contributed by atoms with van der Waals surface area (Å²) < 4.78 is 34.2. The Morgan fingerprint density at radius 2 is 1.96 bits per heavy atom. The van der Waals surface area contributed by atoms with Crippen LogP contribution < -0.4 is 4.72 Å². The molecule has 0 saturated heterocycles. The van der Waals surface area contributed by atoms with Crippen LogP contribution in [0.5, 0.6) is 0 Å². The molecule has 1 N–H and O–H groups in total. The Kier molecular flexibility index (Phi) is 6.81. The van der Waals surface area contributed by atoms with Crippen molar-refractivity contribution in [2.24, 2.45) is 5.92 Å². The molecular formula is C16H23N5O4S. The molecule has 1 aromatic heterocycles. The first-order chi connectivity index (χ1) is 12.3. The van der Waals surface area contributed by atoms with E-state index in [2.05, 4.69) is 20.2 Å². The average Bonchev–Trinajstić information content (AvgIpc) is 3.06. The van der Waals surface area contributed by atoms with Crippen molar-refractivity contribution in [2.75, 3.05) is 0 Å². The lowest BCUT2D eigenvalue weighted by Gasteiger charge is -2.20. The molecule has 26 heavy (non-hydrogen) atoms. The molecule has 0 fully saturated rings. The van der Waals surface area contributed by atoms with E-state index in [9.17, 15) is 13.2 Å². The number of ether oxygens (including phenoxy) is 1. The van der Waals surface area contributed by atoms with Crippen molar-refractivity contribution in [2.45, 2.75) is 51.3 Å². The summed E-state index contributed by atoms with van der Waals surface area (Å²) in [6, 6.07) is 6.85. The fourth-order valence-electron chi connectivity index (χ4n) is 2.23. The molecule has 0 aliphatic carbocycles. The highest BCUT2D eigenvalue weighted by atomic mass is 32.2. The first kappa shape index (κ1) is 20.0. The molecule has 0 amide bonds. The summed E-state index contributed by atoms with van der Waals surface area (Å²) in [6.07, 6.45) is 0.831. The van der Waals surface area contributed by atoms with Gasteiger partial charge in [0.05, 0.1) is 4.90 Å². The topological polar surface area (TPSA) is 116 Å². The summed E-state index contributed by atoms with van der Waals surface area (Å²) in [5, 5.41) is 11.2. The molecule has 10 heteroatoms. The minimum absolute atomic E-state index is 0.0883. The maximum Gasteiger partial charge on any atom is 0.324 e. The molecule has 0 saturated carbocycles. The first-order valence-electron chi connectivity index (χ1n) is 8.34. The van der Waals surface area contributed by atoms with Gasteiger partial charge >= 0.3 is 5.97 Å². The van der Waals surface area contributed by atoms with E-state index in [0.717, 1.165) is 6.42 Å². The van der Waals surface area contributed by atoms with Crippen LogP contribution in [0.4, 0.5) is 0 Å². The number of tetrazole rings is 1. The summed E-state index contributed by atoms with van der Waals surface area (Å²) in [7, 11) is -3.83. The van der Waals surface area contributed by atoms with Crippen LogP contribution in [-0.4, -0.2) is 40.6 Å². The number of aryl methyl sites for hydroxylation is 1. The SMILES string of the molecule is CCCn1nnnc1COC(=O)[C@@H](NS(=O)(=O)c1ccccc1)C(C)C. The molecular weight excluding hydrogens is 358 g/mol. The third kappa shape index (κ3) is 5.09. The van der Waals surface area contributed by atoms with Gasteiger partial charge in [-0.2, -0.15) is 4.72 Å². The molecule has 0 aliphatic rings. The highest BCUT2D eigenvalue weighted by molar-refractivity contribution is 7.89. The molecule has 0 unspecified atom stereocenters. The standard InChI is InChI=1S/C16H23N5O4S/c1-4-10-21-14(17-19-20-21)11-25-16(22)15(12(2)3)18-26(23,24)13-8-6-5-7-9-13/h5-9,12,15,18H,4,10-11H2,1-3H3/t15-/m0/s1. The number of aromatic nitrogens is 4. The minimum atomic E-state index is -3.83. The Morgan fingerprint density at radius 3 is 2.58 bits per heavy atom. The average molecular weight is 381 g/mol. The second kappa shape index (κ2) is 8.86. The number of carbonyl (C=O) groups is 1. The van der Waals surface area contributed by atoms with Crippen molar-refractivity contribution in [1.29, 1.82) is 0 Å². The van der Waals surface area contributed by atoms with Gasteiger partial charge in [0.25, 0.3) is 0 Å². The molecule has 142 valence electrons. The van der Waals surface area contributed by atoms with Crippen LogP contribution in [0.1, 0.15) is 33.0 Å². The van der Waals surface area contributed by atoms with Gasteiger partial charge in [-0.1, -0.05) is 39.0 Å². The monoisotopic (exact) mass is 381 g/mol. The van der Waals surface area contributed by atoms with Crippen molar-refractivity contribution in [1.82, 2.24) is 24.9 Å². The number of rotatable bonds is 9. The molecule has 2 aromatic rings. The number of sulfonamides is 1. The summed E-state index contributed by atoms with van der Waals surface area (Å²) >= 11 is 0. The third-order valence-corrected chi connectivity index (χ3v) is 5.10. The van der Waals surface area contributed by atoms with Crippen LogP contribution in [-0.2, 0) is 32.7 Å². The van der Waals surface area contributed by atoms with E-state index in [0.29, 0.717) is 12.4 Å². The van der Waals surface area contributed by atoms with E-state index < -0.39 is 22.0 Å². The van der Waals surface area contributed by atoms with E-state index in [4.69, 9.17) is 4.74 Å². The molecule has 0 bridgehead atoms. The predicted octanol–water partition coefficient (Wildman–Crippen LogP) is 1.13. The minimum Gasteiger partial charge on any atom is -0.456 e. The zero-order valence-corrected chi connectivity index (χ0v) is 15.8. The number of hydrogen-bond donors (Lipinski definition) is 1. The number of hydrogen-bond acceptors (Lipinski definition) is 7. The van der Waals surface area contributed by atoms with E-state index in [1.807, 2.05) is 6.92 Å². The number of nitrogens with zero attached hydrogens (tertiary/aromatic N) is 4. The van der Waals surface area contributed by atoms with E-state index in [1.165, 1.54) is 12.1 Å². The lowest BCUT2D eigenvalue weighted by atomic mass is 10.1. The maximum atomic E-state index is 12.5. The number of nitrogens with one attached hydrogen (secondary N) is 1. The van der Waals surface area contributed by atoms with Gasteiger partial charge in [0, 0.05) is 6.54 Å². The van der Waals surface area contributed by atoms with Gasteiger partial charge < -0.3 is 4.74 Å². The normalized spacial score (nSPS) is 12.9. The van der Waals surface area contributed by atoms with Crippen LogP contribution in [0, 0.1) is 5.92 Å². The number of benzene rings is 1. The lowest BCUT2D eigenvalue weighted by molar-refractivity contribution is -0.148. The molecule has 0 aliphatic heterocycles. The number of esters is 1. The van der Waals surface area contributed by atoms with E-state index >= 15 is 0 Å². The van der Waals surface area contributed by atoms with Crippen LogP contribution >= 0.6 is 0 Å². The fourth-order valence-corrected chi connectivity index (χ4v) is 3.58. The molecule has 0 spiro atoms. The van der Waals surface area contributed by atoms with Gasteiger partial charge in [0.15, 0.2) is 12.4 Å². The van der Waals surface area contributed by atoms with Crippen molar-refractivity contribution in [3.05, 3.63) is 36.2 Å². The van der Waals surface area contributed by atoms with Crippen molar-refractivity contribution in [3.8, 4) is 0 Å². The second-order valence-corrected chi connectivity index (χ2v) is 7.80. The lowest BCUT2D eigenvalue weighted by Crippen LogP contribution is -2.45. The molecule has 2 rings (SSSR count). The predicted molar refractivity (Wildman–Crippen MR) is 93.3 cm³/mol. The van der Waals surface area contributed by atoms with Crippen LogP contribution in [0.2, 0.25) is 0 Å². The fraction of sp³-hybridized carbons (Fsp3) is 0.500. The Bertz CT molecular complexity index is 820. The molecule has 9 nitrogen and oxygen atoms in total. The van der Waals surface area contributed by atoms with E-state index in [1.54, 1.807) is 36.7 Å². The molecule has 1 atom stereocenters. The summed E-state index contributed by atoms with van der Waals surface area (Å²) in [5.41, 5.74) is 0. The second-order valence-electron chi connectivity index (χ2n) is 6.08.